The molecule has 2 fully saturated rings. The summed E-state index contributed by atoms with van der Waals surface area (Å²) in [5.41, 5.74) is 0. The van der Waals surface area contributed by atoms with Crippen LogP contribution in [-0.2, 0) is 9.53 Å². The third-order valence-corrected chi connectivity index (χ3v) is 3.24. The molecule has 96 valence electrons. The van der Waals surface area contributed by atoms with Gasteiger partial charge in [-0.3, -0.25) is 0 Å². The highest BCUT2D eigenvalue weighted by Gasteiger charge is 2.39. The van der Waals surface area contributed by atoms with Crippen LogP contribution in [0, 0.1) is 0 Å². The van der Waals surface area contributed by atoms with Crippen LogP contribution in [0.15, 0.2) is 0 Å². The molecule has 2 heterocycles. The van der Waals surface area contributed by atoms with Gasteiger partial charge in [-0.05, 0) is 0 Å². The first-order valence-corrected chi connectivity index (χ1v) is 5.65. The van der Waals surface area contributed by atoms with Crippen LogP contribution in [-0.4, -0.2) is 78.9 Å². The average Bonchev–Trinajstić information content (AvgIpc) is 2.63. The largest absolute Gasteiger partial charge is 0.479 e. The van der Waals surface area contributed by atoms with Crippen molar-refractivity contribution in [2.75, 3.05) is 39.8 Å². The Balaban J connectivity index is 1.98. The van der Waals surface area contributed by atoms with Crippen LogP contribution in [0.25, 0.3) is 0 Å². The second-order valence-electron chi connectivity index (χ2n) is 4.30. The quantitative estimate of drug-likeness (QED) is 0.648. The normalized spacial score (nSPS) is 25.9. The van der Waals surface area contributed by atoms with Gasteiger partial charge in [0, 0.05) is 33.3 Å². The van der Waals surface area contributed by atoms with Gasteiger partial charge in [-0.2, -0.15) is 0 Å². The number of rotatable bonds is 4. The van der Waals surface area contributed by atoms with E-state index in [1.807, 2.05) is 0 Å². The summed E-state index contributed by atoms with van der Waals surface area (Å²) in [5, 5.41) is 12.1. The number of nitrogens with one attached hydrogen (secondary N) is 1. The van der Waals surface area contributed by atoms with Gasteiger partial charge in [0.2, 0.25) is 0 Å². The summed E-state index contributed by atoms with van der Waals surface area (Å²) < 4.78 is 4.85. The van der Waals surface area contributed by atoms with Crippen molar-refractivity contribution in [3.63, 3.8) is 0 Å². The number of methoxy groups -OCH3 is 1. The van der Waals surface area contributed by atoms with Crippen molar-refractivity contribution in [2.45, 2.75) is 12.1 Å². The zero-order chi connectivity index (χ0) is 12.4. The fourth-order valence-corrected chi connectivity index (χ4v) is 2.30. The Morgan fingerprint density at radius 1 is 1.71 bits per heavy atom. The number of carboxylic acid groups (broad SMARTS) is 1. The zero-order valence-corrected chi connectivity index (χ0v) is 9.76. The topological polar surface area (TPSA) is 82.1 Å². The first-order valence-electron chi connectivity index (χ1n) is 5.65. The number of amides is 2. The SMILES string of the molecule is COC(CN1CC2CNCCN2C1=O)C(=O)O. The first kappa shape index (κ1) is 12.1. The van der Waals surface area contributed by atoms with E-state index in [1.165, 1.54) is 7.11 Å². The van der Waals surface area contributed by atoms with Crippen molar-refractivity contribution < 1.29 is 19.4 Å². The molecule has 0 saturated carbocycles. The number of piperazine rings is 1. The molecule has 0 spiro atoms. The molecule has 2 rings (SSSR count). The van der Waals surface area contributed by atoms with Gasteiger partial charge in [-0.15, -0.1) is 0 Å². The van der Waals surface area contributed by atoms with Gasteiger partial charge in [0.15, 0.2) is 6.10 Å². The molecule has 2 saturated heterocycles. The van der Waals surface area contributed by atoms with E-state index in [9.17, 15) is 9.59 Å². The van der Waals surface area contributed by atoms with Gasteiger partial charge in [-0.1, -0.05) is 0 Å². The number of hydrogen-bond donors (Lipinski definition) is 2. The molecule has 2 amide bonds. The molecule has 0 aromatic carbocycles. The third kappa shape index (κ3) is 2.34. The summed E-state index contributed by atoms with van der Waals surface area (Å²) in [6, 6.07) is 0.0716. The van der Waals surface area contributed by atoms with E-state index in [4.69, 9.17) is 9.84 Å². The lowest BCUT2D eigenvalue weighted by Gasteiger charge is -2.28. The predicted molar refractivity (Wildman–Crippen MR) is 58.8 cm³/mol. The first-order chi connectivity index (χ1) is 8.13. The molecule has 0 radical (unpaired) electrons. The van der Waals surface area contributed by atoms with Crippen molar-refractivity contribution in [3.05, 3.63) is 0 Å². The molecule has 2 aliphatic rings. The van der Waals surface area contributed by atoms with Crippen LogP contribution in [0.5, 0.6) is 0 Å². The molecule has 7 nitrogen and oxygen atoms in total. The minimum absolute atomic E-state index is 0.0835. The molecule has 0 bridgehead atoms. The average molecular weight is 243 g/mol. The maximum atomic E-state index is 12.0. The highest BCUT2D eigenvalue weighted by atomic mass is 16.5. The number of fused-ring (bicyclic) bond motifs is 1. The van der Waals surface area contributed by atoms with Crippen molar-refractivity contribution in [1.29, 1.82) is 0 Å². The van der Waals surface area contributed by atoms with Crippen LogP contribution in [0.1, 0.15) is 0 Å². The number of carbonyl (C=O) groups is 2. The fourth-order valence-electron chi connectivity index (χ4n) is 2.30. The Labute approximate surface area is 99.3 Å². The Morgan fingerprint density at radius 2 is 2.47 bits per heavy atom. The molecule has 0 aliphatic carbocycles. The summed E-state index contributed by atoms with van der Waals surface area (Å²) in [6.45, 7) is 2.93. The Bertz CT molecular complexity index is 323. The molecule has 0 aromatic rings. The second-order valence-corrected chi connectivity index (χ2v) is 4.30. The minimum Gasteiger partial charge on any atom is -0.479 e. The van der Waals surface area contributed by atoms with E-state index in [0.717, 1.165) is 13.1 Å². The van der Waals surface area contributed by atoms with E-state index >= 15 is 0 Å². The number of carboxylic acids is 1. The smallest absolute Gasteiger partial charge is 0.334 e. The van der Waals surface area contributed by atoms with Crippen LogP contribution in [0.2, 0.25) is 0 Å². The zero-order valence-electron chi connectivity index (χ0n) is 9.76. The molecular weight excluding hydrogens is 226 g/mol. The standard InChI is InChI=1S/C10H17N3O4/c1-17-8(9(14)15)6-12-5-7-4-11-2-3-13(7)10(12)16/h7-8,11H,2-6H2,1H3,(H,14,15). The summed E-state index contributed by atoms with van der Waals surface area (Å²) in [6.07, 6.45) is -0.951. The van der Waals surface area contributed by atoms with Gasteiger partial charge in [0.05, 0.1) is 12.6 Å². The minimum atomic E-state index is -1.04. The van der Waals surface area contributed by atoms with E-state index in [0.29, 0.717) is 13.1 Å². The summed E-state index contributed by atoms with van der Waals surface area (Å²) >= 11 is 0. The number of ether oxygens (including phenoxy) is 1. The van der Waals surface area contributed by atoms with Gasteiger partial charge in [-0.25, -0.2) is 9.59 Å². The van der Waals surface area contributed by atoms with E-state index in [1.54, 1.807) is 9.80 Å². The highest BCUT2D eigenvalue weighted by Crippen LogP contribution is 2.17. The molecule has 7 heteroatoms. The fraction of sp³-hybridized carbons (Fsp3) is 0.800. The van der Waals surface area contributed by atoms with E-state index in [-0.39, 0.29) is 18.6 Å². The lowest BCUT2D eigenvalue weighted by Crippen LogP contribution is -2.50. The monoisotopic (exact) mass is 243 g/mol. The lowest BCUT2D eigenvalue weighted by molar-refractivity contribution is -0.149. The van der Waals surface area contributed by atoms with Crippen molar-refractivity contribution in [1.82, 2.24) is 15.1 Å². The molecule has 0 aromatic heterocycles. The summed E-state index contributed by atoms with van der Waals surface area (Å²) in [5.74, 6) is -1.04. The highest BCUT2D eigenvalue weighted by molar-refractivity contribution is 5.79. The van der Waals surface area contributed by atoms with Gasteiger partial charge in [0.1, 0.15) is 0 Å². The Hall–Kier alpha value is -1.34. The van der Waals surface area contributed by atoms with E-state index in [2.05, 4.69) is 5.32 Å². The number of nitrogens with zero attached hydrogens (tertiary/aromatic N) is 2. The molecule has 2 atom stereocenters. The van der Waals surface area contributed by atoms with Crippen molar-refractivity contribution in [2.24, 2.45) is 0 Å². The van der Waals surface area contributed by atoms with Crippen LogP contribution in [0.4, 0.5) is 4.79 Å². The molecular formula is C10H17N3O4. The number of urea groups is 1. The number of hydrogen-bond acceptors (Lipinski definition) is 4. The third-order valence-electron chi connectivity index (χ3n) is 3.24. The van der Waals surface area contributed by atoms with Gasteiger partial charge >= 0.3 is 12.0 Å². The summed E-state index contributed by atoms with van der Waals surface area (Å²) in [4.78, 5) is 26.2. The van der Waals surface area contributed by atoms with Gasteiger partial charge < -0.3 is 25.0 Å². The maximum Gasteiger partial charge on any atom is 0.334 e. The molecule has 2 N–H and O–H groups in total. The molecule has 2 unspecified atom stereocenters. The Kier molecular flexibility index (Phi) is 3.49. The van der Waals surface area contributed by atoms with Crippen molar-refractivity contribution in [3.8, 4) is 0 Å². The molecule has 2 aliphatic heterocycles. The maximum absolute atomic E-state index is 12.0. The summed E-state index contributed by atoms with van der Waals surface area (Å²) in [7, 11) is 1.34. The van der Waals surface area contributed by atoms with Crippen molar-refractivity contribution >= 4 is 12.0 Å². The Morgan fingerprint density at radius 3 is 3.06 bits per heavy atom. The number of carbonyl (C=O) groups excluding carboxylic acids is 1. The van der Waals surface area contributed by atoms with Crippen LogP contribution < -0.4 is 5.32 Å². The predicted octanol–water partition coefficient (Wildman–Crippen LogP) is -1.20. The molecule has 17 heavy (non-hydrogen) atoms. The second kappa shape index (κ2) is 4.89. The lowest BCUT2D eigenvalue weighted by atomic mass is 10.2. The van der Waals surface area contributed by atoms with E-state index < -0.39 is 12.1 Å². The number of aliphatic carboxylic acids is 1. The van der Waals surface area contributed by atoms with Crippen LogP contribution >= 0.6 is 0 Å². The van der Waals surface area contributed by atoms with Gasteiger partial charge in [0.25, 0.3) is 0 Å². The van der Waals surface area contributed by atoms with Crippen LogP contribution in [0.3, 0.4) is 0 Å².